The Kier molecular flexibility index (Phi) is 10.7. The van der Waals surface area contributed by atoms with Gasteiger partial charge in [0.25, 0.3) is 0 Å². The van der Waals surface area contributed by atoms with Gasteiger partial charge in [-0.3, -0.25) is 0 Å². The molecule has 0 saturated carbocycles. The Bertz CT molecular complexity index is 346. The van der Waals surface area contributed by atoms with E-state index in [9.17, 15) is 0 Å². The molecule has 0 nitrogen and oxygen atoms in total. The second-order valence-electron chi connectivity index (χ2n) is 5.36. The number of unbranched alkanes of at least 4 members (excludes halogenated alkanes) is 8. The summed E-state index contributed by atoms with van der Waals surface area (Å²) in [5.74, 6) is 0. The Morgan fingerprint density at radius 2 is 1.60 bits per heavy atom. The largest absolute Gasteiger partial charge is 0.126 e. The summed E-state index contributed by atoms with van der Waals surface area (Å²) >= 11 is 17.5. The minimum Gasteiger partial charge on any atom is -0.126 e. The van der Waals surface area contributed by atoms with Crippen LogP contribution in [0, 0.1) is 0 Å². The van der Waals surface area contributed by atoms with Crippen LogP contribution < -0.4 is 0 Å². The molecule has 0 bridgehead atoms. The SMILES string of the molecule is CCCCCCCCCCCC(Cl)c1cc(Br)c(Cl)s1. The molecule has 116 valence electrons. The highest BCUT2D eigenvalue weighted by atomic mass is 79.9. The van der Waals surface area contributed by atoms with Crippen LogP contribution in [0.25, 0.3) is 0 Å². The topological polar surface area (TPSA) is 0 Å². The monoisotopic (exact) mass is 398 g/mol. The van der Waals surface area contributed by atoms with E-state index >= 15 is 0 Å². The zero-order valence-corrected chi connectivity index (χ0v) is 16.2. The Balaban J connectivity index is 2.01. The van der Waals surface area contributed by atoms with Crippen LogP contribution >= 0.6 is 50.5 Å². The molecule has 0 saturated heterocycles. The molecule has 1 rings (SSSR count). The van der Waals surface area contributed by atoms with E-state index in [1.807, 2.05) is 0 Å². The lowest BCUT2D eigenvalue weighted by Crippen LogP contribution is -1.88. The molecule has 20 heavy (non-hydrogen) atoms. The maximum absolute atomic E-state index is 6.42. The highest BCUT2D eigenvalue weighted by Crippen LogP contribution is 2.39. The summed E-state index contributed by atoms with van der Waals surface area (Å²) < 4.78 is 1.77. The molecule has 1 unspecified atom stereocenters. The molecule has 1 heterocycles. The van der Waals surface area contributed by atoms with Gasteiger partial charge in [0.15, 0.2) is 0 Å². The first-order valence-corrected chi connectivity index (χ1v) is 10.2. The quantitative estimate of drug-likeness (QED) is 0.259. The smallest absolute Gasteiger partial charge is 0.107 e. The molecular formula is C16H25BrCl2S. The van der Waals surface area contributed by atoms with Crippen LogP contribution in [0.2, 0.25) is 4.34 Å². The van der Waals surface area contributed by atoms with Crippen molar-refractivity contribution in [2.75, 3.05) is 0 Å². The summed E-state index contributed by atoms with van der Waals surface area (Å²) in [6.07, 6.45) is 13.3. The molecule has 0 amide bonds. The number of hydrogen-bond donors (Lipinski definition) is 0. The van der Waals surface area contributed by atoms with Gasteiger partial charge in [-0.15, -0.1) is 22.9 Å². The van der Waals surface area contributed by atoms with E-state index < -0.39 is 0 Å². The highest BCUT2D eigenvalue weighted by Gasteiger charge is 2.13. The van der Waals surface area contributed by atoms with Crippen molar-refractivity contribution in [1.82, 2.24) is 0 Å². The summed E-state index contributed by atoms with van der Waals surface area (Å²) in [6.45, 7) is 2.27. The summed E-state index contributed by atoms with van der Waals surface area (Å²) in [5, 5.41) is 0.119. The van der Waals surface area contributed by atoms with Crippen molar-refractivity contribution >= 4 is 50.5 Å². The van der Waals surface area contributed by atoms with Gasteiger partial charge < -0.3 is 0 Å². The van der Waals surface area contributed by atoms with E-state index in [4.69, 9.17) is 23.2 Å². The van der Waals surface area contributed by atoms with Crippen LogP contribution in [-0.4, -0.2) is 0 Å². The van der Waals surface area contributed by atoms with Crippen molar-refractivity contribution in [1.29, 1.82) is 0 Å². The molecule has 4 heteroatoms. The van der Waals surface area contributed by atoms with Crippen molar-refractivity contribution in [3.63, 3.8) is 0 Å². The molecule has 1 atom stereocenters. The van der Waals surface area contributed by atoms with E-state index in [1.54, 1.807) is 11.3 Å². The van der Waals surface area contributed by atoms with Crippen LogP contribution in [0.3, 0.4) is 0 Å². The van der Waals surface area contributed by atoms with Crippen molar-refractivity contribution in [2.45, 2.75) is 76.5 Å². The Hall–Kier alpha value is 0.760. The Morgan fingerprint density at radius 3 is 2.10 bits per heavy atom. The van der Waals surface area contributed by atoms with E-state index in [0.29, 0.717) is 0 Å². The summed E-state index contributed by atoms with van der Waals surface area (Å²) in [7, 11) is 0. The molecule has 1 aromatic rings. The third kappa shape index (κ3) is 7.68. The summed E-state index contributed by atoms with van der Waals surface area (Å²) in [5.41, 5.74) is 0. The molecule has 0 aliphatic carbocycles. The average molecular weight is 400 g/mol. The fraction of sp³-hybridized carbons (Fsp3) is 0.750. The lowest BCUT2D eigenvalue weighted by Gasteiger charge is -2.06. The average Bonchev–Trinajstić information content (AvgIpc) is 2.77. The molecule has 0 aliphatic heterocycles. The number of rotatable bonds is 11. The van der Waals surface area contributed by atoms with E-state index in [2.05, 4.69) is 28.9 Å². The lowest BCUT2D eigenvalue weighted by atomic mass is 10.1. The van der Waals surface area contributed by atoms with Crippen LogP contribution in [0.5, 0.6) is 0 Å². The van der Waals surface area contributed by atoms with Gasteiger partial charge in [-0.25, -0.2) is 0 Å². The zero-order chi connectivity index (χ0) is 14.8. The Labute approximate surface area is 146 Å². The van der Waals surface area contributed by atoms with Gasteiger partial charge in [0, 0.05) is 9.35 Å². The lowest BCUT2D eigenvalue weighted by molar-refractivity contribution is 0.555. The molecule has 0 aromatic carbocycles. The predicted molar refractivity (Wildman–Crippen MR) is 97.5 cm³/mol. The molecule has 0 fully saturated rings. The molecular weight excluding hydrogens is 375 g/mol. The van der Waals surface area contributed by atoms with Gasteiger partial charge >= 0.3 is 0 Å². The number of alkyl halides is 1. The predicted octanol–water partition coefficient (Wildman–Crippen LogP) is 8.36. The number of thiophene rings is 1. The molecule has 0 radical (unpaired) electrons. The van der Waals surface area contributed by atoms with Crippen molar-refractivity contribution < 1.29 is 0 Å². The van der Waals surface area contributed by atoms with E-state index in [1.165, 1.54) is 62.7 Å². The van der Waals surface area contributed by atoms with Gasteiger partial charge in [-0.2, -0.15) is 0 Å². The minimum absolute atomic E-state index is 0.119. The fourth-order valence-electron chi connectivity index (χ4n) is 2.29. The summed E-state index contributed by atoms with van der Waals surface area (Å²) in [4.78, 5) is 1.18. The second-order valence-corrected chi connectivity index (χ2v) is 8.42. The minimum atomic E-state index is 0.119. The molecule has 0 spiro atoms. The van der Waals surface area contributed by atoms with Crippen LogP contribution in [0.15, 0.2) is 10.5 Å². The number of halogens is 3. The second kappa shape index (κ2) is 11.3. The standard InChI is InChI=1S/C16H25BrCl2S/c1-2-3-4-5-6-7-8-9-10-11-14(18)15-12-13(17)16(19)20-15/h12,14H,2-11H2,1H3. The van der Waals surface area contributed by atoms with Gasteiger partial charge in [-0.05, 0) is 28.4 Å². The highest BCUT2D eigenvalue weighted by molar-refractivity contribution is 9.10. The first-order valence-electron chi connectivity index (χ1n) is 7.74. The number of hydrogen-bond acceptors (Lipinski definition) is 1. The van der Waals surface area contributed by atoms with Gasteiger partial charge in [-0.1, -0.05) is 76.3 Å². The Morgan fingerprint density at radius 1 is 1.05 bits per heavy atom. The zero-order valence-electron chi connectivity index (χ0n) is 12.3. The van der Waals surface area contributed by atoms with E-state index in [-0.39, 0.29) is 5.38 Å². The van der Waals surface area contributed by atoms with Crippen molar-refractivity contribution in [3.05, 3.63) is 19.8 Å². The summed E-state index contributed by atoms with van der Waals surface area (Å²) in [6, 6.07) is 2.05. The third-order valence-corrected chi connectivity index (χ3v) is 6.71. The van der Waals surface area contributed by atoms with Crippen LogP contribution in [-0.2, 0) is 0 Å². The molecule has 1 aromatic heterocycles. The maximum atomic E-state index is 6.42. The fourth-order valence-corrected chi connectivity index (χ4v) is 4.39. The third-order valence-electron chi connectivity index (χ3n) is 3.53. The normalized spacial score (nSPS) is 12.8. The van der Waals surface area contributed by atoms with Gasteiger partial charge in [0.2, 0.25) is 0 Å². The first-order chi connectivity index (χ1) is 9.65. The van der Waals surface area contributed by atoms with Gasteiger partial charge in [0.05, 0.1) is 5.38 Å². The van der Waals surface area contributed by atoms with Crippen molar-refractivity contribution in [2.24, 2.45) is 0 Å². The maximum Gasteiger partial charge on any atom is 0.107 e. The first kappa shape index (κ1) is 18.8. The van der Waals surface area contributed by atoms with Gasteiger partial charge in [0.1, 0.15) is 4.34 Å². The van der Waals surface area contributed by atoms with Crippen LogP contribution in [0.4, 0.5) is 0 Å². The van der Waals surface area contributed by atoms with Crippen molar-refractivity contribution in [3.8, 4) is 0 Å². The van der Waals surface area contributed by atoms with E-state index in [0.717, 1.165) is 15.2 Å². The molecule has 0 aliphatic rings. The molecule has 0 N–H and O–H groups in total. The van der Waals surface area contributed by atoms with Crippen LogP contribution in [0.1, 0.15) is 81.4 Å².